The minimum atomic E-state index is -0.875. The number of ether oxygens (including phenoxy) is 1. The number of methoxy groups -OCH3 is 1. The second-order valence-electron chi connectivity index (χ2n) is 4.32. The maximum Gasteiger partial charge on any atom is 0.333 e. The van der Waals surface area contributed by atoms with Gasteiger partial charge in [0.05, 0.1) is 17.7 Å². The van der Waals surface area contributed by atoms with E-state index >= 15 is 0 Å². The number of amides is 1. The lowest BCUT2D eigenvalue weighted by Crippen LogP contribution is -2.34. The molecule has 0 heterocycles. The van der Waals surface area contributed by atoms with Gasteiger partial charge in [-0.1, -0.05) is 54.1 Å². The summed E-state index contributed by atoms with van der Waals surface area (Å²) in [5.41, 5.74) is 0.953. The summed E-state index contributed by atoms with van der Waals surface area (Å²) in [4.78, 5) is 24.2. The zero-order valence-electron chi connectivity index (χ0n) is 11.4. The fourth-order valence-electron chi connectivity index (χ4n) is 1.90. The molecule has 0 bridgehead atoms. The Labute approximate surface area is 127 Å². The summed E-state index contributed by atoms with van der Waals surface area (Å²) in [5, 5.41) is 2.97. The first-order valence-corrected chi connectivity index (χ1v) is 6.69. The van der Waals surface area contributed by atoms with Crippen molar-refractivity contribution in [1.82, 2.24) is 5.32 Å². The average molecular weight is 304 g/mol. The van der Waals surface area contributed by atoms with Crippen molar-refractivity contribution >= 4 is 23.5 Å². The van der Waals surface area contributed by atoms with Crippen molar-refractivity contribution in [3.63, 3.8) is 0 Å². The molecule has 108 valence electrons. The summed E-state index contributed by atoms with van der Waals surface area (Å²) < 4.78 is 4.75. The van der Waals surface area contributed by atoms with E-state index in [2.05, 4.69) is 5.32 Å². The van der Waals surface area contributed by atoms with Gasteiger partial charge in [-0.25, -0.2) is 4.79 Å². The van der Waals surface area contributed by atoms with Gasteiger partial charge in [0.25, 0.3) is 5.91 Å². The van der Waals surface area contributed by atoms with E-state index in [1.54, 1.807) is 48.5 Å². The molecule has 1 N–H and O–H groups in total. The Kier molecular flexibility index (Phi) is 4.95. The number of hydrogen-bond acceptors (Lipinski definition) is 3. The van der Waals surface area contributed by atoms with Gasteiger partial charge in [0.15, 0.2) is 6.04 Å². The molecular weight excluding hydrogens is 290 g/mol. The topological polar surface area (TPSA) is 55.4 Å². The fraction of sp³-hybridized carbons (Fsp3) is 0.125. The van der Waals surface area contributed by atoms with E-state index in [-0.39, 0.29) is 0 Å². The summed E-state index contributed by atoms with van der Waals surface area (Å²) in [6, 6.07) is 14.7. The molecule has 1 amide bonds. The van der Waals surface area contributed by atoms with Gasteiger partial charge in [-0.05, 0) is 17.7 Å². The molecule has 0 radical (unpaired) electrons. The molecule has 1 atom stereocenters. The molecule has 2 aromatic carbocycles. The number of halogens is 1. The SMILES string of the molecule is COC(=O)[C@H](NC(=O)c1ccccc1Cl)c1ccccc1. The molecule has 2 aromatic rings. The Morgan fingerprint density at radius 2 is 1.67 bits per heavy atom. The van der Waals surface area contributed by atoms with E-state index in [1.807, 2.05) is 6.07 Å². The number of esters is 1. The Morgan fingerprint density at radius 3 is 2.29 bits per heavy atom. The van der Waals surface area contributed by atoms with Gasteiger partial charge in [-0.2, -0.15) is 0 Å². The van der Waals surface area contributed by atoms with Gasteiger partial charge in [0.1, 0.15) is 0 Å². The quantitative estimate of drug-likeness (QED) is 0.883. The van der Waals surface area contributed by atoms with E-state index in [0.29, 0.717) is 16.1 Å². The first-order valence-electron chi connectivity index (χ1n) is 6.31. The van der Waals surface area contributed by atoms with E-state index in [4.69, 9.17) is 16.3 Å². The molecule has 0 aliphatic carbocycles. The maximum absolute atomic E-state index is 12.3. The van der Waals surface area contributed by atoms with Crippen LogP contribution in [0.5, 0.6) is 0 Å². The predicted molar refractivity (Wildman–Crippen MR) is 80.1 cm³/mol. The molecule has 0 spiro atoms. The zero-order chi connectivity index (χ0) is 15.2. The van der Waals surface area contributed by atoms with Crippen LogP contribution in [0.3, 0.4) is 0 Å². The Morgan fingerprint density at radius 1 is 1.05 bits per heavy atom. The minimum absolute atomic E-state index is 0.309. The van der Waals surface area contributed by atoms with Gasteiger partial charge >= 0.3 is 5.97 Å². The zero-order valence-corrected chi connectivity index (χ0v) is 12.1. The highest BCUT2D eigenvalue weighted by Crippen LogP contribution is 2.18. The standard InChI is InChI=1S/C16H14ClNO3/c1-21-16(20)14(11-7-3-2-4-8-11)18-15(19)12-9-5-6-10-13(12)17/h2-10,14H,1H3,(H,18,19)/t14-/m1/s1. The second-order valence-corrected chi connectivity index (χ2v) is 4.73. The minimum Gasteiger partial charge on any atom is -0.467 e. The van der Waals surface area contributed by atoms with Crippen molar-refractivity contribution in [3.8, 4) is 0 Å². The lowest BCUT2D eigenvalue weighted by Gasteiger charge is -2.17. The number of nitrogens with one attached hydrogen (secondary N) is 1. The van der Waals surface area contributed by atoms with Crippen LogP contribution in [0.25, 0.3) is 0 Å². The number of hydrogen-bond donors (Lipinski definition) is 1. The van der Waals surface area contributed by atoms with Crippen LogP contribution in [0.15, 0.2) is 54.6 Å². The Balaban J connectivity index is 2.26. The first-order chi connectivity index (χ1) is 10.1. The van der Waals surface area contributed by atoms with Crippen LogP contribution in [-0.2, 0) is 9.53 Å². The number of carbonyl (C=O) groups is 2. The molecule has 5 heteroatoms. The molecule has 0 aliphatic rings. The second kappa shape index (κ2) is 6.90. The van der Waals surface area contributed by atoms with E-state index < -0.39 is 17.9 Å². The number of rotatable bonds is 4. The number of carbonyl (C=O) groups excluding carboxylic acids is 2. The molecule has 0 aromatic heterocycles. The highest BCUT2D eigenvalue weighted by Gasteiger charge is 2.24. The van der Waals surface area contributed by atoms with Gasteiger partial charge in [0, 0.05) is 0 Å². The van der Waals surface area contributed by atoms with E-state index in [9.17, 15) is 9.59 Å². The first kappa shape index (κ1) is 15.1. The molecule has 0 saturated carbocycles. The smallest absolute Gasteiger partial charge is 0.333 e. The maximum atomic E-state index is 12.3. The van der Waals surface area contributed by atoms with Gasteiger partial charge in [-0.3, -0.25) is 4.79 Å². The lowest BCUT2D eigenvalue weighted by atomic mass is 10.1. The Hall–Kier alpha value is -2.33. The molecule has 0 unspecified atom stereocenters. The molecule has 4 nitrogen and oxygen atoms in total. The number of benzene rings is 2. The van der Waals surface area contributed by atoms with Crippen LogP contribution in [0.1, 0.15) is 22.0 Å². The van der Waals surface area contributed by atoms with Crippen molar-refractivity contribution in [1.29, 1.82) is 0 Å². The normalized spacial score (nSPS) is 11.5. The molecule has 0 fully saturated rings. The van der Waals surface area contributed by atoms with Gasteiger partial charge in [-0.15, -0.1) is 0 Å². The molecular formula is C16H14ClNO3. The summed E-state index contributed by atoms with van der Waals surface area (Å²) in [6.07, 6.45) is 0. The van der Waals surface area contributed by atoms with E-state index in [0.717, 1.165) is 0 Å². The third kappa shape index (κ3) is 3.61. The summed E-state index contributed by atoms with van der Waals surface area (Å²) in [6.45, 7) is 0. The van der Waals surface area contributed by atoms with Crippen molar-refractivity contribution < 1.29 is 14.3 Å². The van der Waals surface area contributed by atoms with Crippen LogP contribution in [0.4, 0.5) is 0 Å². The van der Waals surface area contributed by atoms with Crippen LogP contribution in [0, 0.1) is 0 Å². The van der Waals surface area contributed by atoms with Crippen LogP contribution < -0.4 is 5.32 Å². The van der Waals surface area contributed by atoms with Crippen LogP contribution >= 0.6 is 11.6 Å². The van der Waals surface area contributed by atoms with Crippen molar-refractivity contribution in [2.24, 2.45) is 0 Å². The molecule has 0 saturated heterocycles. The average Bonchev–Trinajstić information content (AvgIpc) is 2.53. The summed E-state index contributed by atoms with van der Waals surface area (Å²) in [5.74, 6) is -0.971. The highest BCUT2D eigenvalue weighted by atomic mass is 35.5. The summed E-state index contributed by atoms with van der Waals surface area (Å²) >= 11 is 5.99. The fourth-order valence-corrected chi connectivity index (χ4v) is 2.12. The largest absolute Gasteiger partial charge is 0.467 e. The van der Waals surface area contributed by atoms with Crippen LogP contribution in [-0.4, -0.2) is 19.0 Å². The Bertz CT molecular complexity index is 643. The molecule has 21 heavy (non-hydrogen) atoms. The highest BCUT2D eigenvalue weighted by molar-refractivity contribution is 6.33. The van der Waals surface area contributed by atoms with Crippen molar-refractivity contribution in [3.05, 3.63) is 70.7 Å². The van der Waals surface area contributed by atoms with Gasteiger partial charge < -0.3 is 10.1 Å². The van der Waals surface area contributed by atoms with E-state index in [1.165, 1.54) is 7.11 Å². The van der Waals surface area contributed by atoms with Gasteiger partial charge in [0.2, 0.25) is 0 Å². The summed E-state index contributed by atoms with van der Waals surface area (Å²) in [7, 11) is 1.28. The van der Waals surface area contributed by atoms with Crippen molar-refractivity contribution in [2.45, 2.75) is 6.04 Å². The molecule has 0 aliphatic heterocycles. The lowest BCUT2D eigenvalue weighted by molar-refractivity contribution is -0.143. The third-order valence-electron chi connectivity index (χ3n) is 2.96. The van der Waals surface area contributed by atoms with Crippen molar-refractivity contribution in [2.75, 3.05) is 7.11 Å². The monoisotopic (exact) mass is 303 g/mol. The van der Waals surface area contributed by atoms with Crippen LogP contribution in [0.2, 0.25) is 5.02 Å². The predicted octanol–water partition coefficient (Wildman–Crippen LogP) is 2.98. The molecule has 2 rings (SSSR count). The third-order valence-corrected chi connectivity index (χ3v) is 3.29.